The minimum Gasteiger partial charge on any atom is -0.308 e. The third-order valence-corrected chi connectivity index (χ3v) is 5.28. The van der Waals surface area contributed by atoms with Gasteiger partial charge in [-0.05, 0) is 19.4 Å². The van der Waals surface area contributed by atoms with E-state index in [9.17, 15) is 14.9 Å². The van der Waals surface area contributed by atoms with Gasteiger partial charge in [0.25, 0.3) is 5.56 Å². The maximum atomic E-state index is 12.7. The second kappa shape index (κ2) is 6.44. The largest absolute Gasteiger partial charge is 0.312 e. The summed E-state index contributed by atoms with van der Waals surface area (Å²) >= 11 is 1.40. The minimum atomic E-state index is -0.445. The standard InChI is InChI=1S/C18H15N5O3S/c1-10-16(23(25)26)11(2)22(21-10)8-14-19-17(24)15-13(9-27-18(15)20-14)12-6-4-3-5-7-12/h3-7,9H,8H2,1-2H3,(H,19,20,24). The zero-order valence-corrected chi connectivity index (χ0v) is 15.4. The van der Waals surface area contributed by atoms with Crippen molar-refractivity contribution in [2.24, 2.45) is 0 Å². The summed E-state index contributed by atoms with van der Waals surface area (Å²) in [5.74, 6) is 0.412. The number of nitro groups is 1. The van der Waals surface area contributed by atoms with Crippen LogP contribution in [0.1, 0.15) is 17.2 Å². The van der Waals surface area contributed by atoms with E-state index in [1.54, 1.807) is 13.8 Å². The van der Waals surface area contributed by atoms with Gasteiger partial charge in [0.05, 0.1) is 16.9 Å². The maximum absolute atomic E-state index is 12.7. The van der Waals surface area contributed by atoms with E-state index in [1.165, 1.54) is 16.0 Å². The molecule has 0 spiro atoms. The fourth-order valence-electron chi connectivity index (χ4n) is 3.15. The number of H-pyrrole nitrogens is 1. The quantitative estimate of drug-likeness (QED) is 0.430. The van der Waals surface area contributed by atoms with Crippen molar-refractivity contribution in [3.05, 3.63) is 73.4 Å². The number of aryl methyl sites for hydroxylation is 1. The highest BCUT2D eigenvalue weighted by Gasteiger charge is 2.22. The predicted molar refractivity (Wildman–Crippen MR) is 103 cm³/mol. The van der Waals surface area contributed by atoms with Crippen molar-refractivity contribution in [2.45, 2.75) is 20.4 Å². The van der Waals surface area contributed by atoms with Crippen molar-refractivity contribution in [2.75, 3.05) is 0 Å². The molecule has 9 heteroatoms. The average Bonchev–Trinajstić information content (AvgIpc) is 3.17. The molecule has 0 atom stereocenters. The molecule has 0 fully saturated rings. The van der Waals surface area contributed by atoms with Crippen molar-refractivity contribution in [3.63, 3.8) is 0 Å². The van der Waals surface area contributed by atoms with Crippen LogP contribution in [-0.4, -0.2) is 24.7 Å². The van der Waals surface area contributed by atoms with Crippen molar-refractivity contribution < 1.29 is 4.92 Å². The van der Waals surface area contributed by atoms with E-state index in [0.29, 0.717) is 27.4 Å². The van der Waals surface area contributed by atoms with Gasteiger partial charge < -0.3 is 4.98 Å². The first-order valence-corrected chi connectivity index (χ1v) is 9.08. The number of hydrogen-bond acceptors (Lipinski definition) is 6. The van der Waals surface area contributed by atoms with Gasteiger partial charge >= 0.3 is 5.69 Å². The van der Waals surface area contributed by atoms with Crippen LogP contribution in [0.4, 0.5) is 5.69 Å². The lowest BCUT2D eigenvalue weighted by atomic mass is 10.1. The molecule has 0 bridgehead atoms. The second-order valence-corrected chi connectivity index (χ2v) is 7.00. The Morgan fingerprint density at radius 3 is 2.67 bits per heavy atom. The zero-order chi connectivity index (χ0) is 19.1. The second-order valence-electron chi connectivity index (χ2n) is 6.14. The van der Waals surface area contributed by atoms with Crippen LogP contribution in [0.2, 0.25) is 0 Å². The molecular formula is C18H15N5O3S. The van der Waals surface area contributed by atoms with E-state index in [1.807, 2.05) is 35.7 Å². The summed E-state index contributed by atoms with van der Waals surface area (Å²) in [5.41, 5.74) is 2.32. The zero-order valence-electron chi connectivity index (χ0n) is 14.6. The lowest BCUT2D eigenvalue weighted by Gasteiger charge is -2.04. The number of nitrogens with zero attached hydrogens (tertiary/aromatic N) is 4. The van der Waals surface area contributed by atoms with Crippen LogP contribution < -0.4 is 5.56 Å². The Balaban J connectivity index is 1.77. The summed E-state index contributed by atoms with van der Waals surface area (Å²) in [5, 5.41) is 17.8. The molecule has 3 aromatic heterocycles. The monoisotopic (exact) mass is 381 g/mol. The first kappa shape index (κ1) is 17.1. The Morgan fingerprint density at radius 1 is 1.26 bits per heavy atom. The number of aromatic nitrogens is 4. The van der Waals surface area contributed by atoms with Crippen molar-refractivity contribution in [1.29, 1.82) is 0 Å². The van der Waals surface area contributed by atoms with E-state index in [0.717, 1.165) is 11.1 Å². The molecule has 0 aliphatic rings. The van der Waals surface area contributed by atoms with Crippen LogP contribution in [-0.2, 0) is 6.54 Å². The van der Waals surface area contributed by atoms with Gasteiger partial charge in [0.15, 0.2) is 0 Å². The van der Waals surface area contributed by atoms with Gasteiger partial charge in [-0.15, -0.1) is 11.3 Å². The van der Waals surface area contributed by atoms with Gasteiger partial charge in [-0.3, -0.25) is 19.6 Å². The molecule has 1 aromatic carbocycles. The number of rotatable bonds is 4. The number of nitrogens with one attached hydrogen (secondary N) is 1. The molecule has 0 aliphatic carbocycles. The minimum absolute atomic E-state index is 0.0130. The topological polar surface area (TPSA) is 107 Å². The third-order valence-electron chi connectivity index (χ3n) is 4.40. The first-order chi connectivity index (χ1) is 13.0. The van der Waals surface area contributed by atoms with E-state index in [-0.39, 0.29) is 17.8 Å². The summed E-state index contributed by atoms with van der Waals surface area (Å²) in [6.07, 6.45) is 0. The third kappa shape index (κ3) is 2.91. The Bertz CT molecular complexity index is 1220. The van der Waals surface area contributed by atoms with Gasteiger partial charge in [-0.25, -0.2) is 4.98 Å². The number of fused-ring (bicyclic) bond motifs is 1. The SMILES string of the molecule is Cc1nn(Cc2nc3scc(-c4ccccc4)c3c(=O)[nH]2)c(C)c1[N+](=O)[O-]. The number of aromatic amines is 1. The van der Waals surface area contributed by atoms with Crippen molar-refractivity contribution in [3.8, 4) is 11.1 Å². The molecule has 27 heavy (non-hydrogen) atoms. The highest BCUT2D eigenvalue weighted by Crippen LogP contribution is 2.30. The highest BCUT2D eigenvalue weighted by atomic mass is 32.1. The summed E-state index contributed by atoms with van der Waals surface area (Å²) in [6.45, 7) is 3.38. The highest BCUT2D eigenvalue weighted by molar-refractivity contribution is 7.17. The van der Waals surface area contributed by atoms with Gasteiger partial charge in [-0.2, -0.15) is 5.10 Å². The number of benzene rings is 1. The number of thiophene rings is 1. The van der Waals surface area contributed by atoms with Crippen molar-refractivity contribution >= 4 is 27.2 Å². The van der Waals surface area contributed by atoms with Crippen LogP contribution in [0.15, 0.2) is 40.5 Å². The molecule has 4 aromatic rings. The van der Waals surface area contributed by atoms with E-state index < -0.39 is 4.92 Å². The molecule has 8 nitrogen and oxygen atoms in total. The van der Waals surface area contributed by atoms with Gasteiger partial charge in [0.1, 0.15) is 22.0 Å². The van der Waals surface area contributed by atoms with Crippen molar-refractivity contribution in [1.82, 2.24) is 19.7 Å². The molecule has 0 aliphatic heterocycles. The molecule has 0 saturated heterocycles. The summed E-state index contributed by atoms with van der Waals surface area (Å²) in [4.78, 5) is 31.3. The molecule has 0 unspecified atom stereocenters. The smallest absolute Gasteiger partial charge is 0.308 e. The molecule has 0 radical (unpaired) electrons. The molecule has 1 N–H and O–H groups in total. The molecular weight excluding hydrogens is 366 g/mol. The van der Waals surface area contributed by atoms with Gasteiger partial charge in [0, 0.05) is 10.9 Å². The Hall–Kier alpha value is -3.33. The van der Waals surface area contributed by atoms with Gasteiger partial charge in [0.2, 0.25) is 0 Å². The van der Waals surface area contributed by atoms with Gasteiger partial charge in [-0.1, -0.05) is 30.3 Å². The Labute approximate surface area is 157 Å². The Morgan fingerprint density at radius 2 is 2.00 bits per heavy atom. The molecule has 0 saturated carbocycles. The van der Waals surface area contributed by atoms with E-state index >= 15 is 0 Å². The predicted octanol–water partition coefficient (Wildman–Crippen LogP) is 3.42. The van der Waals surface area contributed by atoms with E-state index in [2.05, 4.69) is 15.1 Å². The van der Waals surface area contributed by atoms with Crippen LogP contribution in [0, 0.1) is 24.0 Å². The number of hydrogen-bond donors (Lipinski definition) is 1. The molecule has 136 valence electrons. The maximum Gasteiger partial charge on any atom is 0.312 e. The summed E-state index contributed by atoms with van der Waals surface area (Å²) in [7, 11) is 0. The fraction of sp³-hybridized carbons (Fsp3) is 0.167. The summed E-state index contributed by atoms with van der Waals surface area (Å²) < 4.78 is 1.49. The molecule has 4 rings (SSSR count). The lowest BCUT2D eigenvalue weighted by molar-refractivity contribution is -0.386. The van der Waals surface area contributed by atoms with Crippen LogP contribution in [0.25, 0.3) is 21.3 Å². The lowest BCUT2D eigenvalue weighted by Crippen LogP contribution is -2.15. The molecule has 3 heterocycles. The van der Waals surface area contributed by atoms with Crippen LogP contribution >= 0.6 is 11.3 Å². The molecule has 0 amide bonds. The van der Waals surface area contributed by atoms with Crippen LogP contribution in [0.3, 0.4) is 0 Å². The Kier molecular flexibility index (Phi) is 4.08. The fourth-order valence-corrected chi connectivity index (χ4v) is 4.11. The average molecular weight is 381 g/mol. The summed E-state index contributed by atoms with van der Waals surface area (Å²) in [6, 6.07) is 9.66. The van der Waals surface area contributed by atoms with Crippen LogP contribution in [0.5, 0.6) is 0 Å². The van der Waals surface area contributed by atoms with E-state index in [4.69, 9.17) is 0 Å². The normalized spacial score (nSPS) is 11.2. The first-order valence-electron chi connectivity index (χ1n) is 8.20.